The van der Waals surface area contributed by atoms with Crippen molar-refractivity contribution in [1.29, 1.82) is 0 Å². The fourth-order valence-electron chi connectivity index (χ4n) is 2.24. The molecule has 0 spiro atoms. The molecule has 0 aliphatic carbocycles. The van der Waals surface area contributed by atoms with E-state index in [0.29, 0.717) is 13.2 Å². The molecule has 0 saturated carbocycles. The largest absolute Gasteiger partial charge is 0.486 e. The van der Waals surface area contributed by atoms with Crippen LogP contribution in [0.3, 0.4) is 0 Å². The van der Waals surface area contributed by atoms with Crippen LogP contribution in [0.2, 0.25) is 0 Å². The quantitative estimate of drug-likeness (QED) is 0.927. The smallest absolute Gasteiger partial charge is 0.161 e. The van der Waals surface area contributed by atoms with E-state index >= 15 is 0 Å². The maximum Gasteiger partial charge on any atom is 0.161 e. The summed E-state index contributed by atoms with van der Waals surface area (Å²) in [7, 11) is 0. The third kappa shape index (κ3) is 2.91. The lowest BCUT2D eigenvalue weighted by atomic mass is 10.1. The molecule has 3 rings (SSSR count). The first kappa shape index (κ1) is 12.9. The number of hydrogen-bond acceptors (Lipinski definition) is 4. The highest BCUT2D eigenvalue weighted by molar-refractivity contribution is 5.43. The molecular formula is C16H18N2O2. The van der Waals surface area contributed by atoms with E-state index in [1.807, 2.05) is 36.7 Å². The first-order valence-corrected chi connectivity index (χ1v) is 6.85. The van der Waals surface area contributed by atoms with Crippen LogP contribution >= 0.6 is 0 Å². The first-order chi connectivity index (χ1) is 9.83. The Balaban J connectivity index is 1.64. The van der Waals surface area contributed by atoms with E-state index in [0.717, 1.165) is 18.0 Å². The van der Waals surface area contributed by atoms with E-state index in [1.165, 1.54) is 11.1 Å². The molecule has 104 valence electrons. The Hall–Kier alpha value is -2.07. The van der Waals surface area contributed by atoms with Crippen molar-refractivity contribution in [2.75, 3.05) is 13.2 Å². The van der Waals surface area contributed by atoms with E-state index < -0.39 is 0 Å². The van der Waals surface area contributed by atoms with E-state index in [9.17, 15) is 0 Å². The van der Waals surface area contributed by atoms with Crippen molar-refractivity contribution in [2.24, 2.45) is 0 Å². The third-order valence-electron chi connectivity index (χ3n) is 3.43. The summed E-state index contributed by atoms with van der Waals surface area (Å²) in [6, 6.07) is 10.4. The molecule has 2 aromatic rings. The van der Waals surface area contributed by atoms with Crippen LogP contribution in [-0.2, 0) is 6.54 Å². The summed E-state index contributed by atoms with van der Waals surface area (Å²) < 4.78 is 11.1. The molecule has 1 atom stereocenters. The van der Waals surface area contributed by atoms with Crippen molar-refractivity contribution in [3.05, 3.63) is 53.9 Å². The maximum absolute atomic E-state index is 5.59. The zero-order chi connectivity index (χ0) is 13.8. The molecule has 2 heterocycles. The van der Waals surface area contributed by atoms with Gasteiger partial charge in [-0.25, -0.2) is 0 Å². The minimum Gasteiger partial charge on any atom is -0.486 e. The molecule has 0 amide bonds. The average Bonchev–Trinajstić information content (AvgIpc) is 2.53. The molecule has 0 radical (unpaired) electrons. The van der Waals surface area contributed by atoms with Crippen LogP contribution in [0.15, 0.2) is 42.7 Å². The molecule has 1 N–H and O–H groups in total. The highest BCUT2D eigenvalue weighted by atomic mass is 16.6. The summed E-state index contributed by atoms with van der Waals surface area (Å²) in [6.07, 6.45) is 3.63. The van der Waals surface area contributed by atoms with Gasteiger partial charge in [-0.15, -0.1) is 0 Å². The molecule has 1 aliphatic rings. The lowest BCUT2D eigenvalue weighted by molar-refractivity contribution is 0.171. The Morgan fingerprint density at radius 2 is 1.85 bits per heavy atom. The second-order valence-electron chi connectivity index (χ2n) is 4.86. The average molecular weight is 270 g/mol. The number of nitrogens with one attached hydrogen (secondary N) is 1. The van der Waals surface area contributed by atoms with Gasteiger partial charge >= 0.3 is 0 Å². The standard InChI is InChI=1S/C16H18N2O2/c1-12(14-4-6-17-7-5-14)18-11-13-2-3-15-16(10-13)20-9-8-19-15/h2-7,10,12,18H,8-9,11H2,1H3. The van der Waals surface area contributed by atoms with Crippen LogP contribution in [0.5, 0.6) is 11.5 Å². The number of nitrogens with zero attached hydrogens (tertiary/aromatic N) is 1. The highest BCUT2D eigenvalue weighted by Gasteiger charge is 2.12. The molecule has 1 aliphatic heterocycles. The lowest BCUT2D eigenvalue weighted by Crippen LogP contribution is -2.19. The molecule has 0 bridgehead atoms. The van der Waals surface area contributed by atoms with E-state index in [2.05, 4.69) is 23.3 Å². The van der Waals surface area contributed by atoms with Gasteiger partial charge in [-0.05, 0) is 42.3 Å². The van der Waals surface area contributed by atoms with Gasteiger partial charge < -0.3 is 14.8 Å². The summed E-state index contributed by atoms with van der Waals surface area (Å²) in [5.74, 6) is 1.68. The van der Waals surface area contributed by atoms with Gasteiger partial charge in [0.1, 0.15) is 13.2 Å². The fourth-order valence-corrected chi connectivity index (χ4v) is 2.24. The number of fused-ring (bicyclic) bond motifs is 1. The molecular weight excluding hydrogens is 252 g/mol. The van der Waals surface area contributed by atoms with Crippen molar-refractivity contribution in [3.8, 4) is 11.5 Å². The SMILES string of the molecule is CC(NCc1ccc2c(c1)OCCO2)c1ccncc1. The number of rotatable bonds is 4. The predicted molar refractivity (Wildman–Crippen MR) is 76.9 cm³/mol. The minimum atomic E-state index is 0.284. The Morgan fingerprint density at radius 1 is 1.10 bits per heavy atom. The van der Waals surface area contributed by atoms with Gasteiger partial charge in [-0.2, -0.15) is 0 Å². The van der Waals surface area contributed by atoms with Crippen molar-refractivity contribution in [1.82, 2.24) is 10.3 Å². The Bertz CT molecular complexity index is 572. The van der Waals surface area contributed by atoms with E-state index in [1.54, 1.807) is 0 Å². The van der Waals surface area contributed by atoms with Gasteiger partial charge in [0.2, 0.25) is 0 Å². The van der Waals surface area contributed by atoms with Crippen LogP contribution in [0, 0.1) is 0 Å². The Labute approximate surface area is 118 Å². The summed E-state index contributed by atoms with van der Waals surface area (Å²) in [6.45, 7) is 4.19. The van der Waals surface area contributed by atoms with Gasteiger partial charge in [0.25, 0.3) is 0 Å². The summed E-state index contributed by atoms with van der Waals surface area (Å²) in [5, 5.41) is 3.50. The van der Waals surface area contributed by atoms with Crippen LogP contribution < -0.4 is 14.8 Å². The fraction of sp³-hybridized carbons (Fsp3) is 0.312. The van der Waals surface area contributed by atoms with Crippen LogP contribution in [0.25, 0.3) is 0 Å². The number of hydrogen-bond donors (Lipinski definition) is 1. The van der Waals surface area contributed by atoms with E-state index in [4.69, 9.17) is 9.47 Å². The van der Waals surface area contributed by atoms with Gasteiger partial charge in [0, 0.05) is 25.0 Å². The molecule has 4 nitrogen and oxygen atoms in total. The normalized spacial score (nSPS) is 14.8. The summed E-state index contributed by atoms with van der Waals surface area (Å²) in [5.41, 5.74) is 2.42. The number of ether oxygens (including phenoxy) is 2. The van der Waals surface area contributed by atoms with Crippen molar-refractivity contribution < 1.29 is 9.47 Å². The Kier molecular flexibility index (Phi) is 3.83. The van der Waals surface area contributed by atoms with Gasteiger partial charge in [-0.3, -0.25) is 4.98 Å². The topological polar surface area (TPSA) is 43.4 Å². The third-order valence-corrected chi connectivity index (χ3v) is 3.43. The molecule has 1 aromatic carbocycles. The maximum atomic E-state index is 5.59. The molecule has 0 fully saturated rings. The second kappa shape index (κ2) is 5.92. The van der Waals surface area contributed by atoms with Crippen LogP contribution in [0.4, 0.5) is 0 Å². The van der Waals surface area contributed by atoms with Crippen molar-refractivity contribution in [3.63, 3.8) is 0 Å². The van der Waals surface area contributed by atoms with Crippen molar-refractivity contribution in [2.45, 2.75) is 19.5 Å². The zero-order valence-electron chi connectivity index (χ0n) is 11.5. The summed E-state index contributed by atoms with van der Waals surface area (Å²) in [4.78, 5) is 4.04. The van der Waals surface area contributed by atoms with Gasteiger partial charge in [0.15, 0.2) is 11.5 Å². The molecule has 0 saturated heterocycles. The number of aromatic nitrogens is 1. The lowest BCUT2D eigenvalue weighted by Gasteiger charge is -2.19. The highest BCUT2D eigenvalue weighted by Crippen LogP contribution is 2.30. The van der Waals surface area contributed by atoms with Crippen LogP contribution in [-0.4, -0.2) is 18.2 Å². The van der Waals surface area contributed by atoms with Crippen LogP contribution in [0.1, 0.15) is 24.1 Å². The first-order valence-electron chi connectivity index (χ1n) is 6.85. The molecule has 1 aromatic heterocycles. The molecule has 20 heavy (non-hydrogen) atoms. The Morgan fingerprint density at radius 3 is 2.65 bits per heavy atom. The molecule has 1 unspecified atom stereocenters. The minimum absolute atomic E-state index is 0.284. The van der Waals surface area contributed by atoms with E-state index in [-0.39, 0.29) is 6.04 Å². The monoisotopic (exact) mass is 270 g/mol. The van der Waals surface area contributed by atoms with Gasteiger partial charge in [0.05, 0.1) is 0 Å². The number of pyridine rings is 1. The molecule has 4 heteroatoms. The predicted octanol–water partition coefficient (Wildman–Crippen LogP) is 2.70. The number of benzene rings is 1. The second-order valence-corrected chi connectivity index (χ2v) is 4.86. The summed E-state index contributed by atoms with van der Waals surface area (Å²) >= 11 is 0. The van der Waals surface area contributed by atoms with Gasteiger partial charge in [-0.1, -0.05) is 6.07 Å². The van der Waals surface area contributed by atoms with Crippen molar-refractivity contribution >= 4 is 0 Å². The zero-order valence-corrected chi connectivity index (χ0v) is 11.5.